The van der Waals surface area contributed by atoms with Gasteiger partial charge in [0, 0.05) is 56.4 Å². The van der Waals surface area contributed by atoms with Gasteiger partial charge >= 0.3 is 0 Å². The number of anilines is 1. The molecule has 2 aromatic carbocycles. The molecule has 1 aliphatic heterocycles. The number of benzene rings is 2. The molecule has 1 saturated heterocycles. The van der Waals surface area contributed by atoms with E-state index in [4.69, 9.17) is 5.10 Å². The van der Waals surface area contributed by atoms with Crippen LogP contribution in [0.25, 0.3) is 5.69 Å². The summed E-state index contributed by atoms with van der Waals surface area (Å²) in [6, 6.07) is 17.8. The molecule has 0 aliphatic carbocycles. The van der Waals surface area contributed by atoms with Crippen LogP contribution in [-0.4, -0.2) is 58.3 Å². The van der Waals surface area contributed by atoms with Crippen LogP contribution in [0.4, 0.5) is 10.2 Å². The average Bonchev–Trinajstić information content (AvgIpc) is 3.23. The zero-order valence-corrected chi connectivity index (χ0v) is 21.0. The number of likely N-dealkylation sites (N-methyl/N-ethyl adjacent to an activating group) is 1. The van der Waals surface area contributed by atoms with E-state index in [0.29, 0.717) is 6.54 Å². The third-order valence-electron chi connectivity index (χ3n) is 6.92. The van der Waals surface area contributed by atoms with Crippen molar-refractivity contribution in [2.45, 2.75) is 53.2 Å². The van der Waals surface area contributed by atoms with Gasteiger partial charge in [-0.2, -0.15) is 5.10 Å². The first-order valence-electron chi connectivity index (χ1n) is 12.6. The Bertz CT molecular complexity index is 1050. The Balaban J connectivity index is 1.74. The molecule has 1 aromatic heterocycles. The highest BCUT2D eigenvalue weighted by Gasteiger charge is 2.28. The fraction of sp³-hybridized carbons (Fsp3) is 0.464. The van der Waals surface area contributed by atoms with Gasteiger partial charge in [0.1, 0.15) is 11.6 Å². The van der Waals surface area contributed by atoms with E-state index >= 15 is 0 Å². The van der Waals surface area contributed by atoms with Gasteiger partial charge in [0.25, 0.3) is 0 Å². The van der Waals surface area contributed by atoms with Gasteiger partial charge in [0.15, 0.2) is 0 Å². The summed E-state index contributed by atoms with van der Waals surface area (Å²) in [6.45, 7) is 15.3. The van der Waals surface area contributed by atoms with E-state index in [-0.39, 0.29) is 11.9 Å². The van der Waals surface area contributed by atoms with E-state index in [2.05, 4.69) is 71.3 Å². The third-order valence-corrected chi connectivity index (χ3v) is 6.92. The number of hydrogen-bond acceptors (Lipinski definition) is 4. The van der Waals surface area contributed by atoms with Crippen molar-refractivity contribution in [3.8, 4) is 5.69 Å². The van der Waals surface area contributed by atoms with Gasteiger partial charge in [-0.25, -0.2) is 9.07 Å². The Morgan fingerprint density at radius 3 is 2.21 bits per heavy atom. The zero-order chi connectivity index (χ0) is 24.1. The van der Waals surface area contributed by atoms with Crippen molar-refractivity contribution in [3.63, 3.8) is 0 Å². The molecule has 5 nitrogen and oxygen atoms in total. The molecule has 3 aromatic rings. The zero-order valence-electron chi connectivity index (χ0n) is 21.0. The van der Waals surface area contributed by atoms with Crippen LogP contribution in [0.5, 0.6) is 0 Å². The minimum Gasteiger partial charge on any atom is -0.354 e. The molecule has 34 heavy (non-hydrogen) atoms. The second kappa shape index (κ2) is 11.2. The second-order valence-corrected chi connectivity index (χ2v) is 9.36. The number of aromatic nitrogens is 2. The Kier molecular flexibility index (Phi) is 8.01. The van der Waals surface area contributed by atoms with Crippen molar-refractivity contribution in [1.29, 1.82) is 0 Å². The van der Waals surface area contributed by atoms with Gasteiger partial charge < -0.3 is 9.80 Å². The molecule has 0 amide bonds. The first-order chi connectivity index (χ1) is 16.5. The molecular formula is C28H38FN5. The molecule has 0 saturated carbocycles. The average molecular weight is 464 g/mol. The molecule has 0 N–H and O–H groups in total. The lowest BCUT2D eigenvalue weighted by Crippen LogP contribution is -2.47. The summed E-state index contributed by atoms with van der Waals surface area (Å²) < 4.78 is 16.6. The fourth-order valence-corrected chi connectivity index (χ4v) is 4.75. The standard InChI is InChI=1S/C28H38FN5/c1-5-27-25(21-33(22(3)4)20-23-12-10-11-15-26(23)29)28(32-18-16-31(6-2)17-19-32)34(30-27)24-13-8-7-9-14-24/h7-15,22H,5-6,16-21H2,1-4H3. The molecule has 1 aliphatic rings. The normalized spacial score (nSPS) is 15.0. The molecule has 182 valence electrons. The largest absolute Gasteiger partial charge is 0.354 e. The van der Waals surface area contributed by atoms with Crippen molar-refractivity contribution in [2.75, 3.05) is 37.6 Å². The highest BCUT2D eigenvalue weighted by Crippen LogP contribution is 2.31. The first-order valence-corrected chi connectivity index (χ1v) is 12.6. The van der Waals surface area contributed by atoms with Crippen molar-refractivity contribution in [2.24, 2.45) is 0 Å². The maximum Gasteiger partial charge on any atom is 0.137 e. The van der Waals surface area contributed by atoms with Gasteiger partial charge in [-0.3, -0.25) is 4.90 Å². The second-order valence-electron chi connectivity index (χ2n) is 9.36. The summed E-state index contributed by atoms with van der Waals surface area (Å²) in [5.41, 5.74) is 4.21. The third kappa shape index (κ3) is 5.34. The Labute approximate surface area is 203 Å². The van der Waals surface area contributed by atoms with Crippen molar-refractivity contribution >= 4 is 5.82 Å². The van der Waals surface area contributed by atoms with E-state index in [1.165, 1.54) is 11.4 Å². The van der Waals surface area contributed by atoms with E-state index in [1.54, 1.807) is 12.1 Å². The molecule has 0 bridgehead atoms. The van der Waals surface area contributed by atoms with Crippen LogP contribution in [0.2, 0.25) is 0 Å². The lowest BCUT2D eigenvalue weighted by molar-refractivity contribution is 0.200. The van der Waals surface area contributed by atoms with E-state index in [0.717, 1.165) is 62.6 Å². The summed E-state index contributed by atoms with van der Waals surface area (Å²) in [5.74, 6) is 1.05. The summed E-state index contributed by atoms with van der Waals surface area (Å²) >= 11 is 0. The monoisotopic (exact) mass is 463 g/mol. The quantitative estimate of drug-likeness (QED) is 0.440. The molecule has 4 rings (SSSR count). The van der Waals surface area contributed by atoms with E-state index < -0.39 is 0 Å². The lowest BCUT2D eigenvalue weighted by Gasteiger charge is -2.37. The van der Waals surface area contributed by atoms with Crippen molar-refractivity contribution < 1.29 is 4.39 Å². The Morgan fingerprint density at radius 1 is 0.912 bits per heavy atom. The number of nitrogens with zero attached hydrogens (tertiary/aromatic N) is 5. The molecule has 0 atom stereocenters. The van der Waals surface area contributed by atoms with E-state index in [1.807, 2.05) is 18.2 Å². The molecule has 2 heterocycles. The van der Waals surface area contributed by atoms with Crippen LogP contribution in [0, 0.1) is 5.82 Å². The van der Waals surface area contributed by atoms with Crippen molar-refractivity contribution in [1.82, 2.24) is 19.6 Å². The van der Waals surface area contributed by atoms with Crippen LogP contribution in [0.3, 0.4) is 0 Å². The Hall–Kier alpha value is -2.70. The SMILES string of the molecule is CCc1nn(-c2ccccc2)c(N2CCN(CC)CC2)c1CN(Cc1ccccc1F)C(C)C. The maximum absolute atomic E-state index is 14.5. The summed E-state index contributed by atoms with van der Waals surface area (Å²) in [5, 5.41) is 5.11. The number of hydrogen-bond donors (Lipinski definition) is 0. The maximum atomic E-state index is 14.5. The fourth-order valence-electron chi connectivity index (χ4n) is 4.75. The van der Waals surface area contributed by atoms with Crippen LogP contribution < -0.4 is 4.90 Å². The highest BCUT2D eigenvalue weighted by molar-refractivity contribution is 5.56. The molecule has 0 radical (unpaired) electrons. The molecule has 0 spiro atoms. The highest BCUT2D eigenvalue weighted by atomic mass is 19.1. The van der Waals surface area contributed by atoms with Gasteiger partial charge in [0.2, 0.25) is 0 Å². The summed E-state index contributed by atoms with van der Waals surface area (Å²) in [4.78, 5) is 7.36. The predicted octanol–water partition coefficient (Wildman–Crippen LogP) is 5.13. The minimum absolute atomic E-state index is 0.139. The number of para-hydroxylation sites is 1. The number of piperazine rings is 1. The van der Waals surface area contributed by atoms with Gasteiger partial charge in [-0.1, -0.05) is 50.2 Å². The van der Waals surface area contributed by atoms with Gasteiger partial charge in [-0.05, 0) is 45.0 Å². The summed E-state index contributed by atoms with van der Waals surface area (Å²) in [7, 11) is 0. The first kappa shape index (κ1) is 24.4. The van der Waals surface area contributed by atoms with Crippen LogP contribution in [0.15, 0.2) is 54.6 Å². The van der Waals surface area contributed by atoms with Gasteiger partial charge in [0.05, 0.1) is 11.4 Å². The smallest absolute Gasteiger partial charge is 0.137 e. The number of rotatable bonds is 9. The molecule has 6 heteroatoms. The van der Waals surface area contributed by atoms with Crippen LogP contribution >= 0.6 is 0 Å². The van der Waals surface area contributed by atoms with E-state index in [9.17, 15) is 4.39 Å². The summed E-state index contributed by atoms with van der Waals surface area (Å²) in [6.07, 6.45) is 0.864. The molecule has 1 fully saturated rings. The predicted molar refractivity (Wildman–Crippen MR) is 138 cm³/mol. The van der Waals surface area contributed by atoms with Crippen molar-refractivity contribution in [3.05, 3.63) is 77.2 Å². The van der Waals surface area contributed by atoms with Crippen LogP contribution in [0.1, 0.15) is 44.5 Å². The van der Waals surface area contributed by atoms with Crippen LogP contribution in [-0.2, 0) is 19.5 Å². The number of aryl methyl sites for hydroxylation is 1. The molecular weight excluding hydrogens is 425 g/mol. The minimum atomic E-state index is -0.139. The molecule has 0 unspecified atom stereocenters. The lowest BCUT2D eigenvalue weighted by atomic mass is 10.1. The topological polar surface area (TPSA) is 27.5 Å². The van der Waals surface area contributed by atoms with Gasteiger partial charge in [-0.15, -0.1) is 0 Å². The number of halogens is 1. The Morgan fingerprint density at radius 2 is 1.59 bits per heavy atom.